The quantitative estimate of drug-likeness (QED) is 0.469. The van der Waals surface area contributed by atoms with E-state index in [1.807, 2.05) is 42.7 Å². The number of nitrogens with one attached hydrogen (secondary N) is 2. The van der Waals surface area contributed by atoms with Crippen molar-refractivity contribution in [3.63, 3.8) is 0 Å². The molecular weight excluding hydrogens is 422 g/mol. The number of hydrogen-bond donors (Lipinski definition) is 2. The normalized spacial score (nSPS) is 10.8. The average Bonchev–Trinajstić information content (AvgIpc) is 3.13. The Morgan fingerprint density at radius 3 is 2.24 bits per heavy atom. The molecule has 0 saturated heterocycles. The molecule has 2 aromatic carbocycles. The Kier molecular flexibility index (Phi) is 5.70. The molecule has 9 nitrogen and oxygen atoms in total. The number of amides is 2. The number of rotatable bonds is 4. The van der Waals surface area contributed by atoms with Gasteiger partial charge in [-0.15, -0.1) is 0 Å². The van der Waals surface area contributed by atoms with Gasteiger partial charge in [0.25, 0.3) is 17.4 Å². The highest BCUT2D eigenvalue weighted by molar-refractivity contribution is 6.06. The fraction of sp³-hybridized carbons (Fsp3) is 0.167. The molecule has 0 atom stereocenters. The highest BCUT2D eigenvalue weighted by atomic mass is 16.5. The van der Waals surface area contributed by atoms with Gasteiger partial charge < -0.3 is 9.30 Å². The van der Waals surface area contributed by atoms with Crippen LogP contribution in [0.5, 0.6) is 5.75 Å². The van der Waals surface area contributed by atoms with E-state index in [0.29, 0.717) is 16.3 Å². The van der Waals surface area contributed by atoms with Gasteiger partial charge in [0, 0.05) is 29.5 Å². The maximum absolute atomic E-state index is 12.8. The Labute approximate surface area is 189 Å². The zero-order valence-corrected chi connectivity index (χ0v) is 18.7. The summed E-state index contributed by atoms with van der Waals surface area (Å²) in [5.41, 5.74) is 7.46. The van der Waals surface area contributed by atoms with E-state index in [0.717, 1.165) is 27.5 Å². The van der Waals surface area contributed by atoms with E-state index in [1.54, 1.807) is 37.4 Å². The topological polar surface area (TPSA) is 107 Å². The molecule has 168 valence electrons. The molecule has 0 radical (unpaired) electrons. The molecule has 33 heavy (non-hydrogen) atoms. The summed E-state index contributed by atoms with van der Waals surface area (Å²) in [6.07, 6.45) is 0. The second kappa shape index (κ2) is 8.62. The maximum atomic E-state index is 12.8. The van der Waals surface area contributed by atoms with E-state index in [2.05, 4.69) is 16.0 Å². The summed E-state index contributed by atoms with van der Waals surface area (Å²) in [4.78, 5) is 37.9. The number of fused-ring (bicyclic) bond motifs is 1. The van der Waals surface area contributed by atoms with Crippen molar-refractivity contribution in [2.45, 2.75) is 13.8 Å². The standard InChI is InChI=1S/C24H23N5O4/c1-14-13-20(15(2)29(14)16-9-11-17(33-4)12-10-16)22(30)25-26-23(31)21-18-7-5-6-8-19(18)24(32)28(3)27-21/h5-13H,1-4H3,(H,25,30)(H,26,31). The highest BCUT2D eigenvalue weighted by Crippen LogP contribution is 2.22. The number of aryl methyl sites for hydroxylation is 2. The molecule has 0 fully saturated rings. The summed E-state index contributed by atoms with van der Waals surface area (Å²) in [7, 11) is 3.07. The minimum Gasteiger partial charge on any atom is -0.497 e. The third-order valence-electron chi connectivity index (χ3n) is 5.47. The van der Waals surface area contributed by atoms with Crippen LogP contribution in [0.1, 0.15) is 32.2 Å². The number of aromatic nitrogens is 3. The number of methoxy groups -OCH3 is 1. The Morgan fingerprint density at radius 1 is 0.939 bits per heavy atom. The second-order valence-electron chi connectivity index (χ2n) is 7.55. The van der Waals surface area contributed by atoms with Gasteiger partial charge in [0.05, 0.1) is 18.1 Å². The van der Waals surface area contributed by atoms with Gasteiger partial charge in [-0.2, -0.15) is 5.10 Å². The van der Waals surface area contributed by atoms with Gasteiger partial charge in [-0.25, -0.2) is 4.68 Å². The molecule has 0 aliphatic carbocycles. The van der Waals surface area contributed by atoms with Crippen LogP contribution < -0.4 is 21.1 Å². The lowest BCUT2D eigenvalue weighted by atomic mass is 10.1. The van der Waals surface area contributed by atoms with E-state index in [4.69, 9.17) is 4.74 Å². The van der Waals surface area contributed by atoms with Crippen molar-refractivity contribution in [2.24, 2.45) is 7.05 Å². The molecule has 0 unspecified atom stereocenters. The Balaban J connectivity index is 1.57. The zero-order valence-electron chi connectivity index (χ0n) is 18.7. The zero-order chi connectivity index (χ0) is 23.7. The van der Waals surface area contributed by atoms with Crippen LogP contribution in [0.25, 0.3) is 16.5 Å². The molecule has 2 heterocycles. The van der Waals surface area contributed by atoms with Crippen molar-refractivity contribution in [2.75, 3.05) is 7.11 Å². The molecule has 0 bridgehead atoms. The van der Waals surface area contributed by atoms with E-state index in [9.17, 15) is 14.4 Å². The van der Waals surface area contributed by atoms with Crippen LogP contribution in [0.2, 0.25) is 0 Å². The van der Waals surface area contributed by atoms with Gasteiger partial charge in [0.15, 0.2) is 5.69 Å². The first-order valence-electron chi connectivity index (χ1n) is 10.2. The van der Waals surface area contributed by atoms with Crippen molar-refractivity contribution in [3.8, 4) is 11.4 Å². The first kappa shape index (κ1) is 21.8. The van der Waals surface area contributed by atoms with Gasteiger partial charge in [-0.05, 0) is 50.2 Å². The predicted molar refractivity (Wildman–Crippen MR) is 124 cm³/mol. The average molecular weight is 445 g/mol. The van der Waals surface area contributed by atoms with Crippen LogP contribution in [0.3, 0.4) is 0 Å². The molecular formula is C24H23N5O4. The number of benzene rings is 2. The molecule has 4 rings (SSSR count). The van der Waals surface area contributed by atoms with Crippen LogP contribution >= 0.6 is 0 Å². The number of hydrazine groups is 1. The molecule has 0 aliphatic heterocycles. The van der Waals surface area contributed by atoms with Crippen LogP contribution in [-0.2, 0) is 7.05 Å². The Bertz CT molecular complexity index is 1430. The lowest BCUT2D eigenvalue weighted by Crippen LogP contribution is -2.42. The molecule has 2 aromatic heterocycles. The van der Waals surface area contributed by atoms with Crippen molar-refractivity contribution < 1.29 is 14.3 Å². The fourth-order valence-electron chi connectivity index (χ4n) is 3.83. The van der Waals surface area contributed by atoms with Gasteiger partial charge in [0.2, 0.25) is 0 Å². The van der Waals surface area contributed by atoms with E-state index < -0.39 is 11.8 Å². The summed E-state index contributed by atoms with van der Waals surface area (Å²) >= 11 is 0. The smallest absolute Gasteiger partial charge is 0.290 e. The van der Waals surface area contributed by atoms with Crippen molar-refractivity contribution >= 4 is 22.6 Å². The molecule has 9 heteroatoms. The van der Waals surface area contributed by atoms with Crippen molar-refractivity contribution in [1.82, 2.24) is 25.2 Å². The number of nitrogens with zero attached hydrogens (tertiary/aromatic N) is 3. The molecule has 0 saturated carbocycles. The number of carbonyl (C=O) groups is 2. The third-order valence-corrected chi connectivity index (χ3v) is 5.47. The number of hydrogen-bond acceptors (Lipinski definition) is 5. The Morgan fingerprint density at radius 2 is 1.58 bits per heavy atom. The van der Waals surface area contributed by atoms with Gasteiger partial charge >= 0.3 is 0 Å². The molecule has 4 aromatic rings. The summed E-state index contributed by atoms with van der Waals surface area (Å²) < 4.78 is 8.24. The lowest BCUT2D eigenvalue weighted by molar-refractivity contribution is 0.0843. The summed E-state index contributed by atoms with van der Waals surface area (Å²) in [6, 6.07) is 15.9. The fourth-order valence-corrected chi connectivity index (χ4v) is 3.83. The molecule has 0 aliphatic rings. The number of carbonyl (C=O) groups excluding carboxylic acids is 2. The van der Waals surface area contributed by atoms with Crippen LogP contribution in [0.4, 0.5) is 0 Å². The highest BCUT2D eigenvalue weighted by Gasteiger charge is 2.19. The minimum absolute atomic E-state index is 0.0386. The van der Waals surface area contributed by atoms with Crippen molar-refractivity contribution in [1.29, 1.82) is 0 Å². The van der Waals surface area contributed by atoms with E-state index in [1.165, 1.54) is 7.05 Å². The largest absolute Gasteiger partial charge is 0.497 e. The number of ether oxygens (including phenoxy) is 1. The monoisotopic (exact) mass is 445 g/mol. The van der Waals surface area contributed by atoms with Gasteiger partial charge in [-0.3, -0.25) is 25.2 Å². The third kappa shape index (κ3) is 3.96. The summed E-state index contributed by atoms with van der Waals surface area (Å²) in [5, 5.41) is 4.84. The lowest BCUT2D eigenvalue weighted by Gasteiger charge is -2.12. The second-order valence-corrected chi connectivity index (χ2v) is 7.55. The first-order valence-corrected chi connectivity index (χ1v) is 10.2. The molecule has 2 amide bonds. The van der Waals surface area contributed by atoms with Crippen LogP contribution in [-0.4, -0.2) is 33.3 Å². The van der Waals surface area contributed by atoms with E-state index >= 15 is 0 Å². The molecule has 0 spiro atoms. The maximum Gasteiger partial charge on any atom is 0.290 e. The molecule has 2 N–H and O–H groups in total. The van der Waals surface area contributed by atoms with E-state index in [-0.39, 0.29) is 11.3 Å². The van der Waals surface area contributed by atoms with Gasteiger partial charge in [-0.1, -0.05) is 18.2 Å². The predicted octanol–water partition coefficient (Wildman–Crippen LogP) is 2.42. The van der Waals surface area contributed by atoms with Crippen molar-refractivity contribution in [3.05, 3.63) is 87.6 Å². The minimum atomic E-state index is -0.626. The summed E-state index contributed by atoms with van der Waals surface area (Å²) in [6.45, 7) is 3.73. The van der Waals surface area contributed by atoms with Gasteiger partial charge in [0.1, 0.15) is 5.75 Å². The van der Waals surface area contributed by atoms with Crippen LogP contribution in [0.15, 0.2) is 59.4 Å². The summed E-state index contributed by atoms with van der Waals surface area (Å²) in [5.74, 6) is -0.356. The first-order chi connectivity index (χ1) is 15.8. The SMILES string of the molecule is COc1ccc(-n2c(C)cc(C(=O)NNC(=O)c3nn(C)c(=O)c4ccccc34)c2C)cc1. The Hall–Kier alpha value is -4.40. The van der Waals surface area contributed by atoms with Crippen LogP contribution in [0, 0.1) is 13.8 Å².